The highest BCUT2D eigenvalue weighted by Crippen LogP contribution is 2.45. The fourth-order valence-electron chi connectivity index (χ4n) is 2.57. The first kappa shape index (κ1) is 17.3. The molecule has 1 atom stereocenters. The van der Waals surface area contributed by atoms with Crippen molar-refractivity contribution in [3.8, 4) is 0 Å². The molecule has 2 rings (SSSR count). The molecule has 126 valence electrons. The van der Waals surface area contributed by atoms with Crippen molar-refractivity contribution < 1.29 is 23.1 Å². The zero-order valence-electron chi connectivity index (χ0n) is 13.0. The van der Waals surface area contributed by atoms with Gasteiger partial charge in [0.15, 0.2) is 9.84 Å². The first-order valence-electron chi connectivity index (χ1n) is 7.22. The molecular formula is C15H20N2O5S. The van der Waals surface area contributed by atoms with E-state index in [9.17, 15) is 18.0 Å². The maximum Gasteiger partial charge on any atom is 0.335 e. The van der Waals surface area contributed by atoms with E-state index >= 15 is 0 Å². The summed E-state index contributed by atoms with van der Waals surface area (Å²) in [7, 11) is -3.21. The van der Waals surface area contributed by atoms with Crippen LogP contribution in [0.2, 0.25) is 0 Å². The second-order valence-corrected chi connectivity index (χ2v) is 8.25. The molecule has 1 unspecified atom stereocenters. The summed E-state index contributed by atoms with van der Waals surface area (Å²) < 4.78 is 22.7. The van der Waals surface area contributed by atoms with Crippen LogP contribution in [0.25, 0.3) is 0 Å². The zero-order chi connectivity index (χ0) is 17.3. The fourth-order valence-corrected chi connectivity index (χ4v) is 4.12. The van der Waals surface area contributed by atoms with Crippen molar-refractivity contribution in [2.24, 2.45) is 0 Å². The Morgan fingerprint density at radius 3 is 2.26 bits per heavy atom. The Balaban J connectivity index is 1.87. The average molecular weight is 340 g/mol. The number of aromatic carboxylic acids is 1. The van der Waals surface area contributed by atoms with Crippen LogP contribution in [0.15, 0.2) is 24.3 Å². The molecule has 2 amide bonds. The summed E-state index contributed by atoms with van der Waals surface area (Å²) in [6.07, 6.45) is 2.31. The van der Waals surface area contributed by atoms with Crippen molar-refractivity contribution in [1.82, 2.24) is 10.6 Å². The topological polar surface area (TPSA) is 113 Å². The third-order valence-electron chi connectivity index (χ3n) is 4.27. The van der Waals surface area contributed by atoms with Gasteiger partial charge in [-0.25, -0.2) is 18.0 Å². The molecule has 0 aromatic heterocycles. The van der Waals surface area contributed by atoms with E-state index in [0.717, 1.165) is 5.56 Å². The molecule has 0 saturated heterocycles. The maximum absolute atomic E-state index is 11.9. The summed E-state index contributed by atoms with van der Waals surface area (Å²) in [5.41, 5.74) is 0.928. The molecule has 1 aromatic carbocycles. The summed E-state index contributed by atoms with van der Waals surface area (Å²) in [6.45, 7) is 1.92. The molecule has 7 nitrogen and oxygen atoms in total. The first-order valence-corrected chi connectivity index (χ1v) is 9.11. The number of rotatable bonds is 6. The van der Waals surface area contributed by atoms with E-state index in [2.05, 4.69) is 10.6 Å². The number of carbonyl (C=O) groups is 2. The predicted molar refractivity (Wildman–Crippen MR) is 85.0 cm³/mol. The molecule has 0 radical (unpaired) electrons. The van der Waals surface area contributed by atoms with Crippen LogP contribution in [-0.2, 0) is 16.4 Å². The number of carboxylic acids is 1. The van der Waals surface area contributed by atoms with Crippen LogP contribution in [0.1, 0.15) is 35.7 Å². The molecule has 1 fully saturated rings. The van der Waals surface area contributed by atoms with E-state index in [1.165, 1.54) is 18.4 Å². The van der Waals surface area contributed by atoms with Gasteiger partial charge in [-0.3, -0.25) is 0 Å². The van der Waals surface area contributed by atoms with Gasteiger partial charge in [-0.1, -0.05) is 12.1 Å². The Labute approximate surface area is 135 Å². The molecule has 1 aliphatic rings. The second kappa shape index (κ2) is 6.19. The zero-order valence-corrected chi connectivity index (χ0v) is 13.8. The second-order valence-electron chi connectivity index (χ2n) is 5.89. The van der Waals surface area contributed by atoms with Crippen LogP contribution in [0.4, 0.5) is 4.79 Å². The van der Waals surface area contributed by atoms with Crippen molar-refractivity contribution in [2.45, 2.75) is 37.1 Å². The molecule has 0 spiro atoms. The summed E-state index contributed by atoms with van der Waals surface area (Å²) in [6, 6.07) is 5.24. The van der Waals surface area contributed by atoms with Crippen LogP contribution in [0, 0.1) is 0 Å². The van der Waals surface area contributed by atoms with Crippen LogP contribution in [-0.4, -0.2) is 42.6 Å². The third-order valence-corrected chi connectivity index (χ3v) is 6.51. The monoisotopic (exact) mass is 340 g/mol. The largest absolute Gasteiger partial charge is 0.478 e. The van der Waals surface area contributed by atoms with Gasteiger partial charge in [0.1, 0.15) is 0 Å². The van der Waals surface area contributed by atoms with Crippen molar-refractivity contribution in [3.63, 3.8) is 0 Å². The highest BCUT2D eigenvalue weighted by atomic mass is 32.2. The number of carbonyl (C=O) groups excluding carboxylic acids is 1. The maximum atomic E-state index is 11.9. The smallest absolute Gasteiger partial charge is 0.335 e. The number of nitrogens with one attached hydrogen (secondary N) is 2. The minimum Gasteiger partial charge on any atom is -0.478 e. The van der Waals surface area contributed by atoms with Gasteiger partial charge in [-0.2, -0.15) is 0 Å². The standard InChI is InChI=1S/C15H20N2O5S/c1-10(15(7-8-15)23(2,21)22)17-14(20)16-9-11-3-5-12(6-4-11)13(18)19/h3-6,10H,7-9H2,1-2H3,(H,18,19)(H2,16,17,20). The Morgan fingerprint density at radius 2 is 1.83 bits per heavy atom. The quantitative estimate of drug-likeness (QED) is 0.719. The molecule has 0 aliphatic heterocycles. The lowest BCUT2D eigenvalue weighted by atomic mass is 10.1. The van der Waals surface area contributed by atoms with Crippen molar-refractivity contribution in [3.05, 3.63) is 35.4 Å². The molecule has 8 heteroatoms. The number of amides is 2. The fraction of sp³-hybridized carbons (Fsp3) is 0.467. The lowest BCUT2D eigenvalue weighted by Gasteiger charge is -2.23. The predicted octanol–water partition coefficient (Wildman–Crippen LogP) is 1.15. The van der Waals surface area contributed by atoms with Crippen LogP contribution >= 0.6 is 0 Å². The van der Waals surface area contributed by atoms with Gasteiger partial charge < -0.3 is 15.7 Å². The highest BCUT2D eigenvalue weighted by Gasteiger charge is 2.56. The van der Waals surface area contributed by atoms with Gasteiger partial charge in [-0.05, 0) is 37.5 Å². The van der Waals surface area contributed by atoms with Gasteiger partial charge in [0.05, 0.1) is 10.3 Å². The van der Waals surface area contributed by atoms with Crippen LogP contribution in [0.3, 0.4) is 0 Å². The molecule has 1 aliphatic carbocycles. The van der Waals surface area contributed by atoms with E-state index < -0.39 is 32.6 Å². The minimum absolute atomic E-state index is 0.177. The number of sulfone groups is 1. The normalized spacial score (nSPS) is 17.1. The number of hydrogen-bond acceptors (Lipinski definition) is 4. The minimum atomic E-state index is -3.21. The van der Waals surface area contributed by atoms with E-state index in [1.54, 1.807) is 19.1 Å². The highest BCUT2D eigenvalue weighted by molar-refractivity contribution is 7.92. The third kappa shape index (κ3) is 3.82. The average Bonchev–Trinajstić information content (AvgIpc) is 3.26. The Hall–Kier alpha value is -2.09. The molecule has 1 saturated carbocycles. The number of hydrogen-bond donors (Lipinski definition) is 3. The molecule has 23 heavy (non-hydrogen) atoms. The first-order chi connectivity index (χ1) is 10.7. The molecule has 3 N–H and O–H groups in total. The van der Waals surface area contributed by atoms with Gasteiger partial charge in [0, 0.05) is 18.8 Å². The van der Waals surface area contributed by atoms with Crippen molar-refractivity contribution >= 4 is 21.8 Å². The lowest BCUT2D eigenvalue weighted by molar-refractivity contribution is 0.0697. The number of carboxylic acid groups (broad SMARTS) is 1. The van der Waals surface area contributed by atoms with Gasteiger partial charge >= 0.3 is 12.0 Å². The Kier molecular flexibility index (Phi) is 4.65. The Bertz CT molecular complexity index is 708. The van der Waals surface area contributed by atoms with E-state index in [1.807, 2.05) is 0 Å². The summed E-state index contributed by atoms with van der Waals surface area (Å²) in [4.78, 5) is 22.6. The van der Waals surface area contributed by atoms with Gasteiger partial charge in [0.25, 0.3) is 0 Å². The van der Waals surface area contributed by atoms with Gasteiger partial charge in [0.2, 0.25) is 0 Å². The molecule has 0 heterocycles. The Morgan fingerprint density at radius 1 is 1.26 bits per heavy atom. The summed E-state index contributed by atoms with van der Waals surface area (Å²) >= 11 is 0. The number of benzene rings is 1. The van der Waals surface area contributed by atoms with Crippen LogP contribution < -0.4 is 10.6 Å². The summed E-state index contributed by atoms with van der Waals surface area (Å²) in [5.74, 6) is -1.01. The van der Waals surface area contributed by atoms with E-state index in [-0.39, 0.29) is 12.1 Å². The molecule has 1 aromatic rings. The number of urea groups is 1. The molecular weight excluding hydrogens is 320 g/mol. The van der Waals surface area contributed by atoms with Crippen molar-refractivity contribution in [1.29, 1.82) is 0 Å². The van der Waals surface area contributed by atoms with Crippen molar-refractivity contribution in [2.75, 3.05) is 6.26 Å². The SMILES string of the molecule is CC(NC(=O)NCc1ccc(C(=O)O)cc1)C1(S(C)(=O)=O)CC1. The van der Waals surface area contributed by atoms with E-state index in [4.69, 9.17) is 5.11 Å². The molecule has 0 bridgehead atoms. The summed E-state index contributed by atoms with van der Waals surface area (Å²) in [5, 5.41) is 14.1. The van der Waals surface area contributed by atoms with Gasteiger partial charge in [-0.15, -0.1) is 0 Å². The lowest BCUT2D eigenvalue weighted by Crippen LogP contribution is -2.49. The van der Waals surface area contributed by atoms with E-state index in [0.29, 0.717) is 12.8 Å². The van der Waals surface area contributed by atoms with Crippen LogP contribution in [0.5, 0.6) is 0 Å².